The number of anilines is 3. The van der Waals surface area contributed by atoms with Crippen LogP contribution in [-0.4, -0.2) is 63.1 Å². The molecule has 3 aromatic rings. The van der Waals surface area contributed by atoms with Gasteiger partial charge in [-0.3, -0.25) is 9.59 Å². The second kappa shape index (κ2) is 11.1. The fourth-order valence-electron chi connectivity index (χ4n) is 4.98. The van der Waals surface area contributed by atoms with Crippen LogP contribution in [0.3, 0.4) is 0 Å². The van der Waals surface area contributed by atoms with Crippen molar-refractivity contribution in [3.8, 4) is 0 Å². The molecular weight excluding hydrogens is 557 g/mol. The maximum Gasteiger partial charge on any atom is 0.416 e. The first kappa shape index (κ1) is 28.5. The number of aryl methyl sites for hydroxylation is 1. The number of carbonyl (C=O) groups is 2. The van der Waals surface area contributed by atoms with Crippen LogP contribution in [0.15, 0.2) is 66.7 Å². The summed E-state index contributed by atoms with van der Waals surface area (Å²) in [6, 6.07) is 16.1. The van der Waals surface area contributed by atoms with Crippen molar-refractivity contribution in [2.45, 2.75) is 24.9 Å². The average Bonchev–Trinajstić information content (AvgIpc) is 2.93. The number of halogens is 3. The topological polar surface area (TPSA) is 98.8 Å². The lowest BCUT2D eigenvalue weighted by molar-refractivity contribution is -0.137. The van der Waals surface area contributed by atoms with Gasteiger partial charge >= 0.3 is 6.18 Å². The third-order valence-electron chi connectivity index (χ3n) is 7.20. The lowest BCUT2D eigenvalue weighted by Gasteiger charge is -2.36. The van der Waals surface area contributed by atoms with Crippen molar-refractivity contribution >= 4 is 38.7 Å². The van der Waals surface area contributed by atoms with Crippen LogP contribution in [0.2, 0.25) is 0 Å². The van der Waals surface area contributed by atoms with Gasteiger partial charge in [0.15, 0.2) is 9.84 Å². The SMILES string of the molecule is Cc1ccc(CS(=O)(=O)C[C@H]2Nc3ccc(C(=O)N4CCN(c5cccc(C(F)(F)F)c5)CC4)cc3NC2=O)cc1. The molecular formula is C29H29F3N4O4S. The highest BCUT2D eigenvalue weighted by Crippen LogP contribution is 2.32. The van der Waals surface area contributed by atoms with Gasteiger partial charge in [0.25, 0.3) is 5.91 Å². The Kier molecular flexibility index (Phi) is 7.69. The Morgan fingerprint density at radius 3 is 2.34 bits per heavy atom. The molecule has 0 spiro atoms. The van der Waals surface area contributed by atoms with Gasteiger partial charge in [-0.1, -0.05) is 35.9 Å². The zero-order chi connectivity index (χ0) is 29.4. The van der Waals surface area contributed by atoms with Gasteiger partial charge in [0.05, 0.1) is 28.4 Å². The van der Waals surface area contributed by atoms with Crippen molar-refractivity contribution in [1.29, 1.82) is 0 Å². The number of sulfone groups is 1. The Bertz CT molecular complexity index is 1570. The summed E-state index contributed by atoms with van der Waals surface area (Å²) in [7, 11) is -3.60. The fraction of sp³-hybridized carbons (Fsp3) is 0.310. The Morgan fingerprint density at radius 1 is 0.951 bits per heavy atom. The summed E-state index contributed by atoms with van der Waals surface area (Å²) >= 11 is 0. The van der Waals surface area contributed by atoms with E-state index in [0.717, 1.165) is 17.7 Å². The highest BCUT2D eigenvalue weighted by molar-refractivity contribution is 7.90. The maximum absolute atomic E-state index is 13.2. The Morgan fingerprint density at radius 2 is 1.66 bits per heavy atom. The first-order valence-corrected chi connectivity index (χ1v) is 14.9. The van der Waals surface area contributed by atoms with Crippen LogP contribution in [0.5, 0.6) is 0 Å². The van der Waals surface area contributed by atoms with Gasteiger partial charge in [-0.25, -0.2) is 8.42 Å². The number of carbonyl (C=O) groups excluding carboxylic acids is 2. The van der Waals surface area contributed by atoms with Crippen LogP contribution >= 0.6 is 0 Å². The van der Waals surface area contributed by atoms with E-state index in [1.807, 2.05) is 24.0 Å². The van der Waals surface area contributed by atoms with E-state index in [9.17, 15) is 31.2 Å². The molecule has 5 rings (SSSR count). The van der Waals surface area contributed by atoms with Gasteiger partial charge < -0.3 is 20.4 Å². The molecule has 2 N–H and O–H groups in total. The van der Waals surface area contributed by atoms with E-state index in [0.29, 0.717) is 54.4 Å². The molecule has 2 amide bonds. The van der Waals surface area contributed by atoms with E-state index in [1.54, 1.807) is 41.3 Å². The molecule has 41 heavy (non-hydrogen) atoms. The zero-order valence-electron chi connectivity index (χ0n) is 22.2. The van der Waals surface area contributed by atoms with Crippen molar-refractivity contribution in [2.75, 3.05) is 47.5 Å². The van der Waals surface area contributed by atoms with Crippen LogP contribution in [0, 0.1) is 6.92 Å². The first-order valence-electron chi connectivity index (χ1n) is 13.1. The molecule has 216 valence electrons. The first-order chi connectivity index (χ1) is 19.4. The summed E-state index contributed by atoms with van der Waals surface area (Å²) in [4.78, 5) is 29.4. The van der Waals surface area contributed by atoms with Gasteiger partial charge in [0.1, 0.15) is 6.04 Å². The number of piperazine rings is 1. The Hall–Kier alpha value is -4.06. The molecule has 2 aliphatic rings. The van der Waals surface area contributed by atoms with E-state index < -0.39 is 33.5 Å². The molecule has 0 aromatic heterocycles. The molecule has 0 aliphatic carbocycles. The molecule has 0 bridgehead atoms. The number of rotatable bonds is 6. The van der Waals surface area contributed by atoms with Gasteiger partial charge in [0, 0.05) is 37.4 Å². The van der Waals surface area contributed by atoms with E-state index in [4.69, 9.17) is 0 Å². The predicted molar refractivity (Wildman–Crippen MR) is 151 cm³/mol. The lowest BCUT2D eigenvalue weighted by Crippen LogP contribution is -2.49. The van der Waals surface area contributed by atoms with Crippen molar-refractivity contribution in [1.82, 2.24) is 4.90 Å². The van der Waals surface area contributed by atoms with E-state index >= 15 is 0 Å². The minimum atomic E-state index is -4.43. The molecule has 3 aromatic carbocycles. The summed E-state index contributed by atoms with van der Waals surface area (Å²) < 4.78 is 64.8. The number of fused-ring (bicyclic) bond motifs is 1. The summed E-state index contributed by atoms with van der Waals surface area (Å²) in [5, 5.41) is 5.69. The molecule has 0 radical (unpaired) electrons. The normalized spacial score (nSPS) is 17.5. The van der Waals surface area contributed by atoms with E-state index in [-0.39, 0.29) is 17.4 Å². The molecule has 2 heterocycles. The smallest absolute Gasteiger partial charge is 0.371 e. The number of nitrogens with zero attached hydrogens (tertiary/aromatic N) is 2. The van der Waals surface area contributed by atoms with Crippen molar-refractivity contribution < 1.29 is 31.2 Å². The summed E-state index contributed by atoms with van der Waals surface area (Å²) in [6.07, 6.45) is -4.43. The van der Waals surface area contributed by atoms with Crippen LogP contribution in [-0.2, 0) is 26.6 Å². The third-order valence-corrected chi connectivity index (χ3v) is 8.82. The summed E-state index contributed by atoms with van der Waals surface area (Å²) in [6.45, 7) is 3.29. The second-order valence-corrected chi connectivity index (χ2v) is 12.4. The third kappa shape index (κ3) is 6.64. The van der Waals surface area contributed by atoms with Gasteiger partial charge in [0.2, 0.25) is 5.91 Å². The second-order valence-electron chi connectivity index (χ2n) is 10.3. The van der Waals surface area contributed by atoms with Gasteiger partial charge in [-0.15, -0.1) is 0 Å². The predicted octanol–water partition coefficient (Wildman–Crippen LogP) is 4.32. The van der Waals surface area contributed by atoms with Crippen LogP contribution in [0.4, 0.5) is 30.2 Å². The largest absolute Gasteiger partial charge is 0.416 e. The summed E-state index contributed by atoms with van der Waals surface area (Å²) in [5.41, 5.74) is 2.61. The number of alkyl halides is 3. The number of benzene rings is 3. The summed E-state index contributed by atoms with van der Waals surface area (Å²) in [5.74, 6) is -1.35. The molecule has 1 saturated heterocycles. The van der Waals surface area contributed by atoms with E-state index in [1.165, 1.54) is 6.07 Å². The molecule has 1 fully saturated rings. The number of hydrogen-bond donors (Lipinski definition) is 2. The lowest BCUT2D eigenvalue weighted by atomic mass is 10.1. The minimum Gasteiger partial charge on any atom is -0.371 e. The van der Waals surface area contributed by atoms with Crippen LogP contribution in [0.1, 0.15) is 27.0 Å². The minimum absolute atomic E-state index is 0.180. The number of hydrogen-bond acceptors (Lipinski definition) is 6. The Labute approximate surface area is 236 Å². The average molecular weight is 587 g/mol. The highest BCUT2D eigenvalue weighted by atomic mass is 32.2. The van der Waals surface area contributed by atoms with E-state index in [2.05, 4.69) is 10.6 Å². The monoisotopic (exact) mass is 586 g/mol. The van der Waals surface area contributed by atoms with Crippen LogP contribution in [0.25, 0.3) is 0 Å². The van der Waals surface area contributed by atoms with Crippen molar-refractivity contribution in [2.24, 2.45) is 0 Å². The highest BCUT2D eigenvalue weighted by Gasteiger charge is 2.33. The Balaban J connectivity index is 1.20. The van der Waals surface area contributed by atoms with Crippen molar-refractivity contribution in [3.05, 3.63) is 89.0 Å². The molecule has 0 saturated carbocycles. The maximum atomic E-state index is 13.2. The van der Waals surface area contributed by atoms with Gasteiger partial charge in [-0.05, 0) is 48.9 Å². The molecule has 1 atom stereocenters. The number of amides is 2. The van der Waals surface area contributed by atoms with Crippen molar-refractivity contribution in [3.63, 3.8) is 0 Å². The zero-order valence-corrected chi connectivity index (χ0v) is 23.1. The number of nitrogens with one attached hydrogen (secondary N) is 2. The molecule has 0 unspecified atom stereocenters. The standard InChI is InChI=1S/C29H29F3N4O4S/c1-19-5-7-20(8-6-19)17-41(39,40)18-26-27(37)34-25-15-21(9-10-24(25)33-26)28(38)36-13-11-35(12-14-36)23-4-2-3-22(16-23)29(30,31)32/h2-10,15-16,26,33H,11-14,17-18H2,1H3,(H,34,37)/t26-/m1/s1. The molecule has 12 heteroatoms. The quantitative estimate of drug-likeness (QED) is 0.447. The van der Waals surface area contributed by atoms with Gasteiger partial charge in [-0.2, -0.15) is 13.2 Å². The fourth-order valence-corrected chi connectivity index (χ4v) is 6.54. The van der Waals surface area contributed by atoms with Crippen LogP contribution < -0.4 is 15.5 Å². The molecule has 2 aliphatic heterocycles. The molecule has 8 nitrogen and oxygen atoms in total.